The standard InChI is InChI=1S/C26H23Cl2N3O4/c1-26(2,3)17-6-10-19(11-7-17)34-18-8-4-15(5-9-18)14-29-24(33)25-30-23(31-35-25)16-12-20(27)22(32)21(28)13-16/h4-13,32H,14H2,1-3H3,(H,29,33). The van der Waals surface area contributed by atoms with Gasteiger partial charge in [-0.25, -0.2) is 0 Å². The van der Waals surface area contributed by atoms with Crippen molar-refractivity contribution in [2.45, 2.75) is 32.7 Å². The van der Waals surface area contributed by atoms with Crippen LogP contribution in [-0.4, -0.2) is 21.2 Å². The smallest absolute Gasteiger partial charge is 0.316 e. The predicted octanol–water partition coefficient (Wildman–Crippen LogP) is 6.77. The number of halogens is 2. The van der Waals surface area contributed by atoms with Crippen LogP contribution in [-0.2, 0) is 12.0 Å². The van der Waals surface area contributed by atoms with Crippen LogP contribution in [0.3, 0.4) is 0 Å². The fraction of sp³-hybridized carbons (Fsp3) is 0.192. The molecule has 0 saturated heterocycles. The van der Waals surface area contributed by atoms with Crippen LogP contribution in [0.1, 0.15) is 42.6 Å². The van der Waals surface area contributed by atoms with E-state index in [4.69, 9.17) is 32.5 Å². The highest BCUT2D eigenvalue weighted by Gasteiger charge is 2.18. The molecular formula is C26H23Cl2N3O4. The number of carbonyl (C=O) groups is 1. The minimum absolute atomic E-state index is 0.0395. The molecule has 0 atom stereocenters. The van der Waals surface area contributed by atoms with Crippen LogP contribution in [0.15, 0.2) is 65.2 Å². The van der Waals surface area contributed by atoms with Crippen LogP contribution in [0.4, 0.5) is 0 Å². The molecule has 0 saturated carbocycles. The van der Waals surface area contributed by atoms with Gasteiger partial charge >= 0.3 is 11.8 Å². The van der Waals surface area contributed by atoms with Crippen molar-refractivity contribution >= 4 is 29.1 Å². The minimum atomic E-state index is -0.529. The number of hydrogen-bond acceptors (Lipinski definition) is 6. The van der Waals surface area contributed by atoms with Crippen molar-refractivity contribution < 1.29 is 19.2 Å². The summed E-state index contributed by atoms with van der Waals surface area (Å²) in [6.45, 7) is 6.76. The summed E-state index contributed by atoms with van der Waals surface area (Å²) in [5.41, 5.74) is 2.59. The van der Waals surface area contributed by atoms with Crippen molar-refractivity contribution in [3.8, 4) is 28.6 Å². The van der Waals surface area contributed by atoms with Crippen LogP contribution >= 0.6 is 23.2 Å². The highest BCUT2D eigenvalue weighted by Crippen LogP contribution is 2.35. The summed E-state index contributed by atoms with van der Waals surface area (Å²) in [5.74, 6) is 0.584. The molecule has 1 amide bonds. The monoisotopic (exact) mass is 511 g/mol. The fourth-order valence-electron chi connectivity index (χ4n) is 3.22. The number of carbonyl (C=O) groups excluding carboxylic acids is 1. The van der Waals surface area contributed by atoms with Crippen molar-refractivity contribution in [2.24, 2.45) is 0 Å². The van der Waals surface area contributed by atoms with Crippen LogP contribution in [0, 0.1) is 0 Å². The van der Waals surface area contributed by atoms with E-state index >= 15 is 0 Å². The third-order valence-corrected chi connectivity index (χ3v) is 5.80. The highest BCUT2D eigenvalue weighted by molar-refractivity contribution is 6.37. The molecule has 0 aliphatic carbocycles. The molecule has 1 aromatic heterocycles. The minimum Gasteiger partial charge on any atom is -0.505 e. The number of phenolic OH excluding ortho intramolecular Hbond substituents is 1. The molecule has 0 fully saturated rings. The number of rotatable bonds is 6. The van der Waals surface area contributed by atoms with Gasteiger partial charge in [-0.2, -0.15) is 4.98 Å². The SMILES string of the molecule is CC(C)(C)c1ccc(Oc2ccc(CNC(=O)c3nc(-c4cc(Cl)c(O)c(Cl)c4)no3)cc2)cc1. The number of aromatic hydroxyl groups is 1. The fourth-order valence-corrected chi connectivity index (χ4v) is 3.71. The van der Waals surface area contributed by atoms with Gasteiger partial charge in [-0.3, -0.25) is 4.79 Å². The Balaban J connectivity index is 1.34. The van der Waals surface area contributed by atoms with Crippen molar-refractivity contribution in [3.05, 3.63) is 87.7 Å². The quantitative estimate of drug-likeness (QED) is 0.296. The predicted molar refractivity (Wildman–Crippen MR) is 134 cm³/mol. The first-order valence-corrected chi connectivity index (χ1v) is 11.5. The Morgan fingerprint density at radius 3 is 2.14 bits per heavy atom. The van der Waals surface area contributed by atoms with E-state index in [-0.39, 0.29) is 39.5 Å². The summed E-state index contributed by atoms with van der Waals surface area (Å²) >= 11 is 11.9. The third kappa shape index (κ3) is 5.93. The van der Waals surface area contributed by atoms with Gasteiger partial charge in [0.2, 0.25) is 5.82 Å². The number of benzene rings is 3. The van der Waals surface area contributed by atoms with Gasteiger partial charge in [-0.1, -0.05) is 73.4 Å². The zero-order valence-electron chi connectivity index (χ0n) is 19.3. The Bertz CT molecular complexity index is 1320. The Kier molecular flexibility index (Phi) is 7.00. The number of hydrogen-bond donors (Lipinski definition) is 2. The van der Waals surface area contributed by atoms with Crippen LogP contribution in [0.2, 0.25) is 10.0 Å². The van der Waals surface area contributed by atoms with Gasteiger partial charge in [-0.05, 0) is 52.9 Å². The van der Waals surface area contributed by atoms with Crippen molar-refractivity contribution in [1.29, 1.82) is 0 Å². The van der Waals surface area contributed by atoms with E-state index in [2.05, 4.69) is 48.4 Å². The maximum Gasteiger partial charge on any atom is 0.316 e. The van der Waals surface area contributed by atoms with Gasteiger partial charge in [0.05, 0.1) is 10.0 Å². The van der Waals surface area contributed by atoms with Gasteiger partial charge in [0.15, 0.2) is 5.75 Å². The molecule has 0 unspecified atom stereocenters. The molecular weight excluding hydrogens is 489 g/mol. The third-order valence-electron chi connectivity index (χ3n) is 5.23. The van der Waals surface area contributed by atoms with Crippen LogP contribution in [0.5, 0.6) is 17.2 Å². The summed E-state index contributed by atoms with van der Waals surface area (Å²) in [5, 5.41) is 16.3. The number of phenols is 1. The first kappa shape index (κ1) is 24.6. The molecule has 4 aromatic rings. The zero-order valence-corrected chi connectivity index (χ0v) is 20.8. The maximum atomic E-state index is 12.4. The topological polar surface area (TPSA) is 97.5 Å². The van der Waals surface area contributed by atoms with E-state index in [9.17, 15) is 9.90 Å². The number of amides is 1. The molecule has 0 bridgehead atoms. The molecule has 3 aromatic carbocycles. The average Bonchev–Trinajstić information content (AvgIpc) is 3.32. The largest absolute Gasteiger partial charge is 0.505 e. The second-order valence-electron chi connectivity index (χ2n) is 8.91. The van der Waals surface area contributed by atoms with E-state index in [1.54, 1.807) is 0 Å². The van der Waals surface area contributed by atoms with E-state index in [1.165, 1.54) is 17.7 Å². The molecule has 0 aliphatic rings. The summed E-state index contributed by atoms with van der Waals surface area (Å²) in [6, 6.07) is 18.3. The lowest BCUT2D eigenvalue weighted by molar-refractivity contribution is 0.0907. The lowest BCUT2D eigenvalue weighted by Gasteiger charge is -2.19. The second-order valence-corrected chi connectivity index (χ2v) is 9.73. The molecule has 0 aliphatic heterocycles. The molecule has 0 spiro atoms. The van der Waals surface area contributed by atoms with Crippen molar-refractivity contribution in [3.63, 3.8) is 0 Å². The number of aromatic nitrogens is 2. The molecule has 9 heteroatoms. The number of nitrogens with zero attached hydrogens (tertiary/aromatic N) is 2. The van der Waals surface area contributed by atoms with Gasteiger partial charge in [0.25, 0.3) is 0 Å². The normalized spacial score (nSPS) is 11.3. The van der Waals surface area contributed by atoms with Gasteiger partial charge in [0.1, 0.15) is 11.5 Å². The summed E-state index contributed by atoms with van der Waals surface area (Å²) < 4.78 is 11.0. The lowest BCUT2D eigenvalue weighted by Crippen LogP contribution is -2.23. The molecule has 7 nitrogen and oxygen atoms in total. The molecule has 0 radical (unpaired) electrons. The highest BCUT2D eigenvalue weighted by atomic mass is 35.5. The van der Waals surface area contributed by atoms with E-state index in [0.717, 1.165) is 11.3 Å². The number of nitrogens with one attached hydrogen (secondary N) is 1. The number of ether oxygens (including phenoxy) is 1. The van der Waals surface area contributed by atoms with Gasteiger partial charge < -0.3 is 19.7 Å². The molecule has 4 rings (SSSR count). The first-order chi connectivity index (χ1) is 16.6. The lowest BCUT2D eigenvalue weighted by atomic mass is 9.87. The maximum absolute atomic E-state index is 12.4. The van der Waals surface area contributed by atoms with E-state index in [1.807, 2.05) is 36.4 Å². The second kappa shape index (κ2) is 9.98. The van der Waals surface area contributed by atoms with E-state index < -0.39 is 5.91 Å². The Morgan fingerprint density at radius 1 is 1.00 bits per heavy atom. The van der Waals surface area contributed by atoms with Gasteiger partial charge in [-0.15, -0.1) is 0 Å². The zero-order chi connectivity index (χ0) is 25.2. The Labute approximate surface area is 212 Å². The molecule has 35 heavy (non-hydrogen) atoms. The Morgan fingerprint density at radius 2 is 1.57 bits per heavy atom. The summed E-state index contributed by atoms with van der Waals surface area (Å²) in [4.78, 5) is 16.5. The summed E-state index contributed by atoms with van der Waals surface area (Å²) in [7, 11) is 0. The van der Waals surface area contributed by atoms with Crippen molar-refractivity contribution in [1.82, 2.24) is 15.5 Å². The average molecular weight is 512 g/mol. The van der Waals surface area contributed by atoms with E-state index in [0.29, 0.717) is 11.3 Å². The Hall–Kier alpha value is -3.55. The molecule has 1 heterocycles. The molecule has 2 N–H and O–H groups in total. The van der Waals surface area contributed by atoms with Gasteiger partial charge in [0, 0.05) is 12.1 Å². The van der Waals surface area contributed by atoms with Crippen LogP contribution in [0.25, 0.3) is 11.4 Å². The summed E-state index contributed by atoms with van der Waals surface area (Å²) in [6.07, 6.45) is 0. The first-order valence-electron chi connectivity index (χ1n) is 10.8. The van der Waals surface area contributed by atoms with Crippen molar-refractivity contribution in [2.75, 3.05) is 0 Å². The van der Waals surface area contributed by atoms with Crippen LogP contribution < -0.4 is 10.1 Å². The molecule has 180 valence electrons.